The van der Waals surface area contributed by atoms with Crippen molar-refractivity contribution < 1.29 is 14.3 Å². The number of nitrogens with one attached hydrogen (secondary N) is 1. The fourth-order valence-electron chi connectivity index (χ4n) is 3.87. The molecule has 6 nitrogen and oxygen atoms in total. The summed E-state index contributed by atoms with van der Waals surface area (Å²) >= 11 is 12.1. The van der Waals surface area contributed by atoms with E-state index in [1.807, 2.05) is 54.6 Å². The normalized spacial score (nSPS) is 14.2. The fourth-order valence-corrected chi connectivity index (χ4v) is 4.35. The van der Waals surface area contributed by atoms with E-state index in [0.29, 0.717) is 48.1 Å². The van der Waals surface area contributed by atoms with Crippen LogP contribution in [0, 0.1) is 5.92 Å². The fraction of sp³-hybridized carbons (Fsp3) is 0.222. The summed E-state index contributed by atoms with van der Waals surface area (Å²) in [4.78, 5) is 27.0. The predicted octanol–water partition coefficient (Wildman–Crippen LogP) is 5.57. The molecule has 1 N–H and O–H groups in total. The Morgan fingerprint density at radius 2 is 1.77 bits per heavy atom. The summed E-state index contributed by atoms with van der Waals surface area (Å²) in [5.74, 6) is 0.201. The Bertz CT molecular complexity index is 1210. The molecule has 2 amide bonds. The van der Waals surface area contributed by atoms with Gasteiger partial charge >= 0.3 is 0 Å². The molecule has 0 spiro atoms. The number of hydrogen-bond acceptors (Lipinski definition) is 4. The number of likely N-dealkylation sites (tertiary alicyclic amines) is 1. The van der Waals surface area contributed by atoms with E-state index in [9.17, 15) is 9.59 Å². The Morgan fingerprint density at radius 3 is 2.51 bits per heavy atom. The minimum atomic E-state index is -0.211. The molecule has 35 heavy (non-hydrogen) atoms. The number of benzene rings is 3. The van der Waals surface area contributed by atoms with Crippen molar-refractivity contribution in [3.63, 3.8) is 0 Å². The first-order valence-corrected chi connectivity index (χ1v) is 12.1. The van der Waals surface area contributed by atoms with Gasteiger partial charge in [0.2, 0.25) is 5.91 Å². The van der Waals surface area contributed by atoms with E-state index in [4.69, 9.17) is 27.9 Å². The van der Waals surface area contributed by atoms with E-state index < -0.39 is 0 Å². The molecule has 0 bridgehead atoms. The summed E-state index contributed by atoms with van der Waals surface area (Å²) in [6.45, 7) is 1.42. The molecular formula is C27H25Cl2N3O3. The molecule has 3 aromatic carbocycles. The predicted molar refractivity (Wildman–Crippen MR) is 138 cm³/mol. The Hall–Kier alpha value is -3.35. The first-order chi connectivity index (χ1) is 17.0. The molecule has 0 aromatic heterocycles. The van der Waals surface area contributed by atoms with Crippen LogP contribution in [0.3, 0.4) is 0 Å². The number of halogens is 2. The Kier molecular flexibility index (Phi) is 8.40. The molecule has 0 radical (unpaired) electrons. The zero-order valence-corrected chi connectivity index (χ0v) is 20.5. The number of carbonyl (C=O) groups is 2. The first kappa shape index (κ1) is 24.8. The molecule has 3 aromatic rings. The number of rotatable bonds is 7. The summed E-state index contributed by atoms with van der Waals surface area (Å²) in [6.07, 6.45) is 2.71. The van der Waals surface area contributed by atoms with E-state index in [0.717, 1.165) is 16.9 Å². The van der Waals surface area contributed by atoms with Crippen molar-refractivity contribution in [3.05, 3.63) is 99.5 Å². The molecule has 4 rings (SSSR count). The van der Waals surface area contributed by atoms with E-state index in [2.05, 4.69) is 10.5 Å². The minimum Gasteiger partial charge on any atom is -0.489 e. The van der Waals surface area contributed by atoms with Crippen molar-refractivity contribution in [3.8, 4) is 5.75 Å². The highest BCUT2D eigenvalue weighted by atomic mass is 35.5. The summed E-state index contributed by atoms with van der Waals surface area (Å²) in [7, 11) is 0. The second-order valence-corrected chi connectivity index (χ2v) is 9.12. The van der Waals surface area contributed by atoms with Gasteiger partial charge in [-0.15, -0.1) is 0 Å². The molecular weight excluding hydrogens is 485 g/mol. The second kappa shape index (κ2) is 11.9. The number of hydrazone groups is 1. The molecule has 1 aliphatic rings. The minimum absolute atomic E-state index is 0.155. The van der Waals surface area contributed by atoms with Crippen LogP contribution < -0.4 is 10.2 Å². The lowest BCUT2D eigenvalue weighted by Gasteiger charge is -2.31. The van der Waals surface area contributed by atoms with Gasteiger partial charge < -0.3 is 9.64 Å². The number of nitrogens with zero attached hydrogens (tertiary/aromatic N) is 2. The SMILES string of the molecule is O=C(N/N=C\c1cccc(OCc2ccccc2)c1)C1CCN(C(=O)c2ccc(Cl)cc2Cl)CC1. The van der Waals surface area contributed by atoms with Gasteiger partial charge in [-0.25, -0.2) is 5.43 Å². The molecule has 180 valence electrons. The summed E-state index contributed by atoms with van der Waals surface area (Å²) in [5, 5.41) is 4.91. The molecule has 0 aliphatic carbocycles. The maximum atomic E-state index is 12.8. The van der Waals surface area contributed by atoms with Crippen molar-refractivity contribution >= 4 is 41.2 Å². The van der Waals surface area contributed by atoms with Crippen molar-refractivity contribution in [2.45, 2.75) is 19.4 Å². The highest BCUT2D eigenvalue weighted by Gasteiger charge is 2.28. The third kappa shape index (κ3) is 6.84. The second-order valence-electron chi connectivity index (χ2n) is 8.27. The summed E-state index contributed by atoms with van der Waals surface area (Å²) < 4.78 is 5.83. The van der Waals surface area contributed by atoms with Gasteiger partial charge in [0, 0.05) is 24.0 Å². The zero-order valence-electron chi connectivity index (χ0n) is 19.0. The van der Waals surface area contributed by atoms with E-state index in [1.54, 1.807) is 29.3 Å². The van der Waals surface area contributed by atoms with Crippen LogP contribution in [0.5, 0.6) is 5.75 Å². The Labute approximate surface area is 214 Å². The summed E-state index contributed by atoms with van der Waals surface area (Å²) in [6, 6.07) is 22.3. The molecule has 0 unspecified atom stereocenters. The number of carbonyl (C=O) groups excluding carboxylic acids is 2. The topological polar surface area (TPSA) is 71.0 Å². The lowest BCUT2D eigenvalue weighted by atomic mass is 9.95. The van der Waals surface area contributed by atoms with E-state index in [-0.39, 0.29) is 17.7 Å². The van der Waals surface area contributed by atoms with Gasteiger partial charge in [0.15, 0.2) is 0 Å². The van der Waals surface area contributed by atoms with Crippen LogP contribution in [0.1, 0.15) is 34.3 Å². The number of amides is 2. The van der Waals surface area contributed by atoms with Crippen LogP contribution in [-0.2, 0) is 11.4 Å². The number of hydrogen-bond donors (Lipinski definition) is 1. The third-order valence-corrected chi connectivity index (χ3v) is 6.36. The van der Waals surface area contributed by atoms with Gasteiger partial charge in [-0.3, -0.25) is 9.59 Å². The maximum Gasteiger partial charge on any atom is 0.255 e. The van der Waals surface area contributed by atoms with Gasteiger partial charge in [-0.1, -0.05) is 65.7 Å². The smallest absolute Gasteiger partial charge is 0.255 e. The van der Waals surface area contributed by atoms with Gasteiger partial charge in [-0.05, 0) is 54.3 Å². The molecule has 1 heterocycles. The average molecular weight is 510 g/mol. The standard InChI is InChI=1S/C27H25Cl2N3O3/c28-22-9-10-24(25(29)16-22)27(34)32-13-11-21(12-14-32)26(33)31-30-17-20-7-4-8-23(15-20)35-18-19-5-2-1-3-6-19/h1-10,15-17,21H,11-14,18H2,(H,31,33)/b30-17-. The maximum absolute atomic E-state index is 12.8. The third-order valence-electron chi connectivity index (χ3n) is 5.81. The highest BCUT2D eigenvalue weighted by molar-refractivity contribution is 6.36. The summed E-state index contributed by atoms with van der Waals surface area (Å²) in [5.41, 5.74) is 4.94. The van der Waals surface area contributed by atoms with Gasteiger partial charge in [0.25, 0.3) is 5.91 Å². The lowest BCUT2D eigenvalue weighted by molar-refractivity contribution is -0.126. The van der Waals surface area contributed by atoms with Crippen LogP contribution >= 0.6 is 23.2 Å². The molecule has 0 atom stereocenters. The zero-order chi connectivity index (χ0) is 24.6. The van der Waals surface area contributed by atoms with Crippen molar-refractivity contribution in [1.82, 2.24) is 10.3 Å². The van der Waals surface area contributed by atoms with Crippen LogP contribution in [0.4, 0.5) is 0 Å². The van der Waals surface area contributed by atoms with Crippen LogP contribution in [0.25, 0.3) is 0 Å². The molecule has 1 saturated heterocycles. The van der Waals surface area contributed by atoms with E-state index >= 15 is 0 Å². The average Bonchev–Trinajstić information content (AvgIpc) is 2.88. The van der Waals surface area contributed by atoms with Gasteiger partial charge in [0.05, 0.1) is 16.8 Å². The van der Waals surface area contributed by atoms with E-state index in [1.165, 1.54) is 0 Å². The van der Waals surface area contributed by atoms with Crippen molar-refractivity contribution in [1.29, 1.82) is 0 Å². The van der Waals surface area contributed by atoms with Crippen LogP contribution in [0.15, 0.2) is 77.9 Å². The number of ether oxygens (including phenoxy) is 1. The Balaban J connectivity index is 1.25. The van der Waals surface area contributed by atoms with Gasteiger partial charge in [-0.2, -0.15) is 5.10 Å². The molecule has 8 heteroatoms. The monoisotopic (exact) mass is 509 g/mol. The molecule has 1 fully saturated rings. The van der Waals surface area contributed by atoms with Crippen molar-refractivity contribution in [2.24, 2.45) is 11.0 Å². The number of piperidine rings is 1. The van der Waals surface area contributed by atoms with Gasteiger partial charge in [0.1, 0.15) is 12.4 Å². The Morgan fingerprint density at radius 1 is 1.00 bits per heavy atom. The lowest BCUT2D eigenvalue weighted by Crippen LogP contribution is -2.42. The van der Waals surface area contributed by atoms with Crippen molar-refractivity contribution in [2.75, 3.05) is 13.1 Å². The quantitative estimate of drug-likeness (QED) is 0.334. The highest BCUT2D eigenvalue weighted by Crippen LogP contribution is 2.25. The van der Waals surface area contributed by atoms with Crippen LogP contribution in [0.2, 0.25) is 10.0 Å². The molecule has 1 aliphatic heterocycles. The largest absolute Gasteiger partial charge is 0.489 e. The van der Waals surface area contributed by atoms with Crippen LogP contribution in [-0.4, -0.2) is 36.0 Å². The molecule has 0 saturated carbocycles. The first-order valence-electron chi connectivity index (χ1n) is 11.3.